The molecular formula is C23H31Cl5O3Si. The Bertz CT molecular complexity index is 900. The van der Waals surface area contributed by atoms with E-state index < -0.39 is 25.8 Å². The van der Waals surface area contributed by atoms with Gasteiger partial charge in [-0.05, 0) is 42.8 Å². The molecule has 0 radical (unpaired) electrons. The van der Waals surface area contributed by atoms with Crippen LogP contribution in [0.2, 0.25) is 43.2 Å². The standard InChI is InChI=1S/C23H31Cl5O3Si/c1-21(2,3)32(5,6)31-23-11-9-7-8-10-22(23,4)12-13(23)20(29)30-19-17(27)15(25)14(24)16(26)18(19)28/h13H,7-12H2,1-6H3/t13-,22-,23-/m0/s1. The molecule has 0 saturated heterocycles. The molecule has 9 heteroatoms. The average Bonchev–Trinajstić information content (AvgIpc) is 2.80. The van der Waals surface area contributed by atoms with E-state index in [4.69, 9.17) is 67.2 Å². The second kappa shape index (κ2) is 9.08. The number of benzene rings is 1. The Balaban J connectivity index is 1.99. The van der Waals surface area contributed by atoms with Crippen molar-refractivity contribution in [3.63, 3.8) is 0 Å². The van der Waals surface area contributed by atoms with E-state index in [-0.39, 0.29) is 41.3 Å². The minimum atomic E-state index is -2.17. The highest BCUT2D eigenvalue weighted by Crippen LogP contribution is 2.65. The van der Waals surface area contributed by atoms with Crippen molar-refractivity contribution in [3.8, 4) is 5.75 Å². The summed E-state index contributed by atoms with van der Waals surface area (Å²) in [6.07, 6.45) is 5.87. The van der Waals surface area contributed by atoms with Crippen LogP contribution in [0.3, 0.4) is 0 Å². The smallest absolute Gasteiger partial charge is 0.317 e. The van der Waals surface area contributed by atoms with E-state index in [1.165, 1.54) is 0 Å². The molecule has 3 rings (SSSR count). The van der Waals surface area contributed by atoms with Crippen LogP contribution in [-0.2, 0) is 9.22 Å². The summed E-state index contributed by atoms with van der Waals surface area (Å²) in [6.45, 7) is 13.4. The van der Waals surface area contributed by atoms with Gasteiger partial charge in [-0.1, -0.05) is 105 Å². The fourth-order valence-electron chi connectivity index (χ4n) is 4.92. The first-order chi connectivity index (χ1) is 14.6. The van der Waals surface area contributed by atoms with Gasteiger partial charge in [0.2, 0.25) is 0 Å². The van der Waals surface area contributed by atoms with Gasteiger partial charge in [0, 0.05) is 0 Å². The van der Waals surface area contributed by atoms with Gasteiger partial charge in [-0.2, -0.15) is 0 Å². The van der Waals surface area contributed by atoms with Gasteiger partial charge in [0.05, 0.1) is 26.6 Å². The van der Waals surface area contributed by atoms with Crippen LogP contribution in [0.15, 0.2) is 0 Å². The number of halogens is 5. The Morgan fingerprint density at radius 3 is 1.94 bits per heavy atom. The van der Waals surface area contributed by atoms with Crippen LogP contribution in [0.1, 0.15) is 66.2 Å². The minimum absolute atomic E-state index is 0.00526. The predicted molar refractivity (Wildman–Crippen MR) is 137 cm³/mol. The molecule has 32 heavy (non-hydrogen) atoms. The van der Waals surface area contributed by atoms with E-state index in [1.807, 2.05) is 0 Å². The molecule has 3 nitrogen and oxygen atoms in total. The Morgan fingerprint density at radius 2 is 1.41 bits per heavy atom. The first-order valence-electron chi connectivity index (χ1n) is 11.0. The maximum Gasteiger partial charge on any atom is 0.317 e. The molecule has 0 N–H and O–H groups in total. The summed E-state index contributed by atoms with van der Waals surface area (Å²) in [7, 11) is -2.17. The molecule has 3 atom stereocenters. The summed E-state index contributed by atoms with van der Waals surface area (Å²) in [6, 6.07) is 0. The monoisotopic (exact) mass is 558 g/mol. The van der Waals surface area contributed by atoms with Crippen molar-refractivity contribution in [2.75, 3.05) is 0 Å². The molecule has 0 amide bonds. The lowest BCUT2D eigenvalue weighted by atomic mass is 9.49. The third kappa shape index (κ3) is 4.36. The lowest BCUT2D eigenvalue weighted by Gasteiger charge is -2.64. The number of rotatable bonds is 4. The molecule has 2 aliphatic carbocycles. The average molecular weight is 561 g/mol. The zero-order valence-electron chi connectivity index (χ0n) is 19.4. The third-order valence-corrected chi connectivity index (χ3v) is 14.6. The van der Waals surface area contributed by atoms with Crippen molar-refractivity contribution in [2.24, 2.45) is 11.3 Å². The molecular weight excluding hydrogens is 530 g/mol. The fourth-order valence-corrected chi connectivity index (χ4v) is 7.83. The van der Waals surface area contributed by atoms with Crippen LogP contribution in [-0.4, -0.2) is 19.9 Å². The number of ether oxygens (including phenoxy) is 1. The summed E-state index contributed by atoms with van der Waals surface area (Å²) >= 11 is 31.1. The number of carbonyl (C=O) groups is 1. The first kappa shape index (κ1) is 26.9. The van der Waals surface area contributed by atoms with Crippen LogP contribution in [0.5, 0.6) is 5.75 Å². The second-order valence-corrected chi connectivity index (χ2v) is 17.6. The van der Waals surface area contributed by atoms with Crippen molar-refractivity contribution >= 4 is 72.3 Å². The van der Waals surface area contributed by atoms with E-state index in [9.17, 15) is 4.79 Å². The molecule has 2 fully saturated rings. The summed E-state index contributed by atoms with van der Waals surface area (Å²) in [5, 5.41) is 0.00347. The van der Waals surface area contributed by atoms with Gasteiger partial charge in [-0.15, -0.1) is 0 Å². The maximum atomic E-state index is 13.5. The highest BCUT2D eigenvalue weighted by Gasteiger charge is 2.68. The second-order valence-electron chi connectivity index (χ2n) is 11.0. The largest absolute Gasteiger partial charge is 0.423 e. The number of hydrogen-bond donors (Lipinski definition) is 0. The van der Waals surface area contributed by atoms with E-state index in [0.29, 0.717) is 6.42 Å². The van der Waals surface area contributed by atoms with Gasteiger partial charge in [0.1, 0.15) is 10.0 Å². The Hall–Kier alpha value is 0.317. The lowest BCUT2D eigenvalue weighted by Crippen LogP contribution is -2.70. The summed E-state index contributed by atoms with van der Waals surface area (Å²) in [5.41, 5.74) is -0.645. The van der Waals surface area contributed by atoms with E-state index >= 15 is 0 Å². The number of carbonyl (C=O) groups excluding carboxylic acids is 1. The molecule has 0 unspecified atom stereocenters. The summed E-state index contributed by atoms with van der Waals surface area (Å²) in [4.78, 5) is 13.5. The highest BCUT2D eigenvalue weighted by atomic mass is 35.5. The molecule has 0 bridgehead atoms. The normalized spacial score (nSPS) is 28.5. The van der Waals surface area contributed by atoms with Gasteiger partial charge in [-0.25, -0.2) is 0 Å². The zero-order chi connectivity index (χ0) is 24.3. The van der Waals surface area contributed by atoms with Gasteiger partial charge >= 0.3 is 5.97 Å². The quantitative estimate of drug-likeness (QED) is 0.121. The van der Waals surface area contributed by atoms with Gasteiger partial charge in [-0.3, -0.25) is 4.79 Å². The van der Waals surface area contributed by atoms with Gasteiger partial charge < -0.3 is 9.16 Å². The fraction of sp³-hybridized carbons (Fsp3) is 0.696. The Kier molecular flexibility index (Phi) is 7.63. The number of esters is 1. The van der Waals surface area contributed by atoms with E-state index in [1.54, 1.807) is 0 Å². The number of fused-ring (bicyclic) bond motifs is 1. The summed E-state index contributed by atoms with van der Waals surface area (Å²) in [5.74, 6) is -0.885. The highest BCUT2D eigenvalue weighted by molar-refractivity contribution is 6.74. The van der Waals surface area contributed by atoms with Crippen LogP contribution in [0, 0.1) is 11.3 Å². The maximum absolute atomic E-state index is 13.5. The van der Waals surface area contributed by atoms with Crippen molar-refractivity contribution < 1.29 is 14.0 Å². The van der Waals surface area contributed by atoms with Gasteiger partial charge in [0.15, 0.2) is 14.1 Å². The first-order valence-corrected chi connectivity index (χ1v) is 15.8. The molecule has 180 valence electrons. The SMILES string of the molecule is CC(C)(C)[Si](C)(C)O[C@]12CCCCC[C@@]1(C)C[C@H]2C(=O)Oc1c(Cl)c(Cl)c(Cl)c(Cl)c1Cl. The molecule has 0 spiro atoms. The molecule has 2 saturated carbocycles. The third-order valence-electron chi connectivity index (χ3n) is 7.92. The molecule has 0 aromatic heterocycles. The topological polar surface area (TPSA) is 35.5 Å². The van der Waals surface area contributed by atoms with Crippen LogP contribution in [0.25, 0.3) is 0 Å². The van der Waals surface area contributed by atoms with Crippen LogP contribution < -0.4 is 4.74 Å². The van der Waals surface area contributed by atoms with Crippen molar-refractivity contribution in [3.05, 3.63) is 25.1 Å². The predicted octanol–water partition coefficient (Wildman–Crippen LogP) is 9.61. The Morgan fingerprint density at radius 1 is 0.906 bits per heavy atom. The van der Waals surface area contributed by atoms with Crippen LogP contribution >= 0.6 is 58.0 Å². The van der Waals surface area contributed by atoms with Crippen LogP contribution in [0.4, 0.5) is 0 Å². The number of hydrogen-bond acceptors (Lipinski definition) is 3. The van der Waals surface area contributed by atoms with Gasteiger partial charge in [0.25, 0.3) is 0 Å². The Labute approximate surface area is 217 Å². The molecule has 2 aliphatic rings. The zero-order valence-corrected chi connectivity index (χ0v) is 24.2. The molecule has 0 heterocycles. The minimum Gasteiger partial charge on any atom is -0.423 e. The van der Waals surface area contributed by atoms with Crippen molar-refractivity contribution in [1.29, 1.82) is 0 Å². The molecule has 1 aromatic rings. The molecule has 0 aliphatic heterocycles. The van der Waals surface area contributed by atoms with Crippen molar-refractivity contribution in [2.45, 2.75) is 90.0 Å². The van der Waals surface area contributed by atoms with E-state index in [0.717, 1.165) is 32.1 Å². The summed E-state index contributed by atoms with van der Waals surface area (Å²) < 4.78 is 12.9. The molecule has 1 aromatic carbocycles. The lowest BCUT2D eigenvalue weighted by molar-refractivity contribution is -0.212. The van der Waals surface area contributed by atoms with Crippen molar-refractivity contribution in [1.82, 2.24) is 0 Å². The van der Waals surface area contributed by atoms with E-state index in [2.05, 4.69) is 40.8 Å².